The van der Waals surface area contributed by atoms with E-state index in [1.54, 1.807) is 0 Å². The Morgan fingerprint density at radius 1 is 0.625 bits per heavy atom. The first-order valence-electron chi connectivity index (χ1n) is 14.3. The van der Waals surface area contributed by atoms with E-state index in [1.165, 1.54) is 29.7 Å². The quantitative estimate of drug-likeness (QED) is 0.174. The zero-order valence-electron chi connectivity index (χ0n) is 24.1. The van der Waals surface area contributed by atoms with Gasteiger partial charge in [0, 0.05) is 31.0 Å². The van der Waals surface area contributed by atoms with Gasteiger partial charge >= 0.3 is 0 Å². The molecule has 0 saturated heterocycles. The number of anilines is 2. The minimum atomic E-state index is 0.765. The summed E-state index contributed by atoms with van der Waals surface area (Å²) in [4.78, 5) is 2.30. The summed E-state index contributed by atoms with van der Waals surface area (Å²) in [5.74, 6) is 0. The highest BCUT2D eigenvalue weighted by Gasteiger charge is 2.03. The molecule has 0 bridgehead atoms. The van der Waals surface area contributed by atoms with Gasteiger partial charge in [0.1, 0.15) is 0 Å². The maximum absolute atomic E-state index is 4.46. The van der Waals surface area contributed by atoms with Gasteiger partial charge in [0.2, 0.25) is 0 Å². The van der Waals surface area contributed by atoms with Crippen molar-refractivity contribution in [2.45, 2.75) is 53.5 Å². The lowest BCUT2D eigenvalue weighted by Crippen LogP contribution is -2.21. The standard InChI is InChI=1S/C34H40N6/c1-5-8-9-27-10-14-29(15-11-27)35-25-28-12-16-30(17-13-28)37-39-34-23-20-32(24-26(34)4)38-36-31-18-21-33(22-19-31)40(6-2)7-3/h10-24,35H,5-9,25H2,1-4H3. The fraction of sp³-hybridized carbons (Fsp3) is 0.294. The molecule has 0 heterocycles. The molecule has 40 heavy (non-hydrogen) atoms. The Morgan fingerprint density at radius 3 is 1.82 bits per heavy atom. The maximum Gasteiger partial charge on any atom is 0.0887 e. The number of hydrogen-bond donors (Lipinski definition) is 1. The Labute approximate surface area is 238 Å². The third kappa shape index (κ3) is 8.34. The van der Waals surface area contributed by atoms with Crippen LogP contribution in [0.15, 0.2) is 111 Å². The van der Waals surface area contributed by atoms with E-state index in [-0.39, 0.29) is 0 Å². The van der Waals surface area contributed by atoms with Crippen LogP contribution in [-0.2, 0) is 13.0 Å². The van der Waals surface area contributed by atoms with Gasteiger partial charge in [-0.25, -0.2) is 0 Å². The molecule has 4 aromatic carbocycles. The zero-order valence-corrected chi connectivity index (χ0v) is 24.1. The van der Waals surface area contributed by atoms with Gasteiger partial charge in [0.05, 0.1) is 22.7 Å². The lowest BCUT2D eigenvalue weighted by molar-refractivity contribution is 0.795. The van der Waals surface area contributed by atoms with Gasteiger partial charge in [-0.1, -0.05) is 37.6 Å². The number of benzene rings is 4. The van der Waals surface area contributed by atoms with Crippen LogP contribution >= 0.6 is 0 Å². The van der Waals surface area contributed by atoms with Crippen LogP contribution in [0.3, 0.4) is 0 Å². The largest absolute Gasteiger partial charge is 0.381 e. The first-order valence-corrected chi connectivity index (χ1v) is 14.3. The van der Waals surface area contributed by atoms with Crippen molar-refractivity contribution in [3.05, 3.63) is 108 Å². The van der Waals surface area contributed by atoms with Crippen molar-refractivity contribution >= 4 is 34.1 Å². The van der Waals surface area contributed by atoms with Gasteiger partial charge in [-0.3, -0.25) is 0 Å². The molecule has 0 unspecified atom stereocenters. The van der Waals surface area contributed by atoms with Crippen molar-refractivity contribution in [3.8, 4) is 0 Å². The highest BCUT2D eigenvalue weighted by Crippen LogP contribution is 2.28. The van der Waals surface area contributed by atoms with Crippen molar-refractivity contribution in [3.63, 3.8) is 0 Å². The van der Waals surface area contributed by atoms with Gasteiger partial charge in [0.25, 0.3) is 0 Å². The average Bonchev–Trinajstić information content (AvgIpc) is 3.00. The third-order valence-corrected chi connectivity index (χ3v) is 6.92. The molecule has 0 radical (unpaired) electrons. The topological polar surface area (TPSA) is 64.7 Å². The SMILES string of the molecule is CCCCc1ccc(NCc2ccc(N=Nc3ccc(N=Nc4ccc(N(CC)CC)cc4)cc3C)cc2)cc1. The van der Waals surface area contributed by atoms with Gasteiger partial charge in [0.15, 0.2) is 0 Å². The Hall–Kier alpha value is -4.32. The molecular formula is C34H40N6. The summed E-state index contributed by atoms with van der Waals surface area (Å²) in [6.45, 7) is 11.3. The highest BCUT2D eigenvalue weighted by atomic mass is 15.1. The predicted octanol–water partition coefficient (Wildman–Crippen LogP) is 10.6. The van der Waals surface area contributed by atoms with Crippen molar-refractivity contribution in [2.24, 2.45) is 20.5 Å². The fourth-order valence-electron chi connectivity index (χ4n) is 4.41. The van der Waals surface area contributed by atoms with Gasteiger partial charge < -0.3 is 10.2 Å². The molecule has 0 amide bonds. The first-order chi connectivity index (χ1) is 19.6. The molecule has 0 atom stereocenters. The second-order valence-electron chi connectivity index (χ2n) is 9.88. The number of azo groups is 2. The number of nitrogens with zero attached hydrogens (tertiary/aromatic N) is 5. The molecule has 4 rings (SSSR count). The molecule has 0 aliphatic rings. The first kappa shape index (κ1) is 28.7. The fourth-order valence-corrected chi connectivity index (χ4v) is 4.41. The summed E-state index contributed by atoms with van der Waals surface area (Å²) in [5, 5.41) is 21.2. The molecule has 0 aliphatic carbocycles. The zero-order chi connectivity index (χ0) is 28.2. The molecule has 4 aromatic rings. The molecular weight excluding hydrogens is 492 g/mol. The van der Waals surface area contributed by atoms with E-state index in [9.17, 15) is 0 Å². The summed E-state index contributed by atoms with van der Waals surface area (Å²) in [6.07, 6.45) is 3.61. The number of unbranched alkanes of at least 4 members (excludes halogenated alkanes) is 1. The van der Waals surface area contributed by atoms with E-state index in [0.29, 0.717) is 0 Å². The number of rotatable bonds is 13. The Bertz CT molecular complexity index is 1390. The van der Waals surface area contributed by atoms with E-state index in [4.69, 9.17) is 0 Å². The third-order valence-electron chi connectivity index (χ3n) is 6.92. The number of hydrogen-bond acceptors (Lipinski definition) is 6. The van der Waals surface area contributed by atoms with Crippen molar-refractivity contribution < 1.29 is 0 Å². The molecule has 0 spiro atoms. The molecule has 0 fully saturated rings. The second-order valence-corrected chi connectivity index (χ2v) is 9.88. The summed E-state index contributed by atoms with van der Waals surface area (Å²) < 4.78 is 0. The van der Waals surface area contributed by atoms with E-state index < -0.39 is 0 Å². The van der Waals surface area contributed by atoms with Crippen LogP contribution in [-0.4, -0.2) is 13.1 Å². The van der Waals surface area contributed by atoms with Crippen LogP contribution in [0.4, 0.5) is 34.1 Å². The summed E-state index contributed by atoms with van der Waals surface area (Å²) >= 11 is 0. The van der Waals surface area contributed by atoms with Gasteiger partial charge in [-0.2, -0.15) is 20.5 Å². The molecule has 206 valence electrons. The Balaban J connectivity index is 1.30. The van der Waals surface area contributed by atoms with Crippen molar-refractivity contribution in [1.82, 2.24) is 0 Å². The normalized spacial score (nSPS) is 11.4. The minimum absolute atomic E-state index is 0.765. The average molecular weight is 533 g/mol. The predicted molar refractivity (Wildman–Crippen MR) is 168 cm³/mol. The Kier molecular flexibility index (Phi) is 10.6. The van der Waals surface area contributed by atoms with Gasteiger partial charge in [-0.15, -0.1) is 0 Å². The summed E-state index contributed by atoms with van der Waals surface area (Å²) in [7, 11) is 0. The van der Waals surface area contributed by atoms with Crippen LogP contribution in [0.25, 0.3) is 0 Å². The number of aryl methyl sites for hydroxylation is 2. The highest BCUT2D eigenvalue weighted by molar-refractivity contribution is 5.55. The van der Waals surface area contributed by atoms with E-state index in [2.05, 4.69) is 100.0 Å². The van der Waals surface area contributed by atoms with Crippen LogP contribution in [0.1, 0.15) is 50.3 Å². The smallest absolute Gasteiger partial charge is 0.0887 e. The monoisotopic (exact) mass is 532 g/mol. The maximum atomic E-state index is 4.46. The van der Waals surface area contributed by atoms with Crippen LogP contribution < -0.4 is 10.2 Å². The molecule has 6 nitrogen and oxygen atoms in total. The van der Waals surface area contributed by atoms with Crippen molar-refractivity contribution in [2.75, 3.05) is 23.3 Å². The Morgan fingerprint density at radius 2 is 1.20 bits per heavy atom. The summed E-state index contributed by atoms with van der Waals surface area (Å²) in [6, 6.07) is 30.9. The van der Waals surface area contributed by atoms with E-state index in [1.807, 2.05) is 49.4 Å². The molecule has 0 aromatic heterocycles. The molecule has 6 heteroatoms. The van der Waals surface area contributed by atoms with E-state index in [0.717, 1.165) is 60.1 Å². The molecule has 0 saturated carbocycles. The second kappa shape index (κ2) is 14.7. The lowest BCUT2D eigenvalue weighted by atomic mass is 10.1. The summed E-state index contributed by atoms with van der Waals surface area (Å²) in [5.41, 5.74) is 9.18. The van der Waals surface area contributed by atoms with Gasteiger partial charge in [-0.05, 0) is 117 Å². The lowest BCUT2D eigenvalue weighted by Gasteiger charge is -2.20. The van der Waals surface area contributed by atoms with Crippen LogP contribution in [0.2, 0.25) is 0 Å². The minimum Gasteiger partial charge on any atom is -0.381 e. The molecule has 1 N–H and O–H groups in total. The number of nitrogens with one attached hydrogen (secondary N) is 1. The van der Waals surface area contributed by atoms with Crippen LogP contribution in [0, 0.1) is 6.92 Å². The van der Waals surface area contributed by atoms with E-state index >= 15 is 0 Å². The van der Waals surface area contributed by atoms with Crippen LogP contribution in [0.5, 0.6) is 0 Å². The molecule has 0 aliphatic heterocycles. The van der Waals surface area contributed by atoms with Crippen molar-refractivity contribution in [1.29, 1.82) is 0 Å².